The van der Waals surface area contributed by atoms with Crippen LogP contribution in [0, 0.1) is 12.7 Å². The lowest BCUT2D eigenvalue weighted by atomic mass is 10.1. The van der Waals surface area contributed by atoms with Crippen LogP contribution in [0.5, 0.6) is 5.75 Å². The van der Waals surface area contributed by atoms with E-state index in [0.717, 1.165) is 0 Å². The van der Waals surface area contributed by atoms with Gasteiger partial charge >= 0.3 is 0 Å². The quantitative estimate of drug-likeness (QED) is 0.383. The van der Waals surface area contributed by atoms with Crippen molar-refractivity contribution in [2.75, 3.05) is 12.4 Å². The molecule has 0 bridgehead atoms. The number of pyridine rings is 2. The minimum absolute atomic E-state index is 0.0500. The molecule has 10 heteroatoms. The second-order valence-corrected chi connectivity index (χ2v) is 8.03. The van der Waals surface area contributed by atoms with Crippen LogP contribution in [-0.2, 0) is 11.3 Å². The summed E-state index contributed by atoms with van der Waals surface area (Å²) in [5, 5.41) is 7.00. The van der Waals surface area contributed by atoms with Gasteiger partial charge in [0.05, 0.1) is 12.5 Å². The van der Waals surface area contributed by atoms with Gasteiger partial charge in [0.15, 0.2) is 0 Å². The number of carbonyl (C=O) groups excluding carboxylic acids is 1. The zero-order valence-electron chi connectivity index (χ0n) is 19.4. The Morgan fingerprint density at radius 3 is 2.67 bits per heavy atom. The average Bonchev–Trinajstić information content (AvgIpc) is 3.36. The Kier molecular flexibility index (Phi) is 5.99. The molecular weight excluding hydrogens is 465 g/mol. The van der Waals surface area contributed by atoms with E-state index in [1.807, 2.05) is 0 Å². The molecule has 3 heterocycles. The molecule has 0 saturated carbocycles. The number of aromatic nitrogens is 4. The number of amides is 1. The zero-order valence-corrected chi connectivity index (χ0v) is 19.4. The van der Waals surface area contributed by atoms with Gasteiger partial charge in [-0.2, -0.15) is 4.98 Å². The molecule has 5 rings (SSSR count). The number of nitrogens with one attached hydrogen (secondary N) is 1. The summed E-state index contributed by atoms with van der Waals surface area (Å²) < 4.78 is 25.7. The van der Waals surface area contributed by atoms with E-state index in [1.54, 1.807) is 61.1 Å². The number of methoxy groups -OCH3 is 1. The molecule has 3 aromatic heterocycles. The molecule has 0 radical (unpaired) electrons. The maximum Gasteiger partial charge on any atom is 0.263 e. The number of ether oxygens (including phenoxy) is 1. The van der Waals surface area contributed by atoms with Crippen LogP contribution in [0.1, 0.15) is 5.69 Å². The largest absolute Gasteiger partial charge is 0.497 e. The third-order valence-electron chi connectivity index (χ3n) is 5.49. The Morgan fingerprint density at radius 1 is 1.11 bits per heavy atom. The molecule has 0 aliphatic carbocycles. The first-order valence-corrected chi connectivity index (χ1v) is 11.0. The molecule has 180 valence electrons. The third kappa shape index (κ3) is 4.56. The van der Waals surface area contributed by atoms with Gasteiger partial charge in [-0.25, -0.2) is 9.37 Å². The maximum atomic E-state index is 13.6. The first-order chi connectivity index (χ1) is 17.4. The molecule has 0 spiro atoms. The number of halogens is 1. The predicted octanol–water partition coefficient (Wildman–Crippen LogP) is 4.21. The number of nitrogens with zero attached hydrogens (tertiary/aromatic N) is 4. The fourth-order valence-electron chi connectivity index (χ4n) is 3.74. The van der Waals surface area contributed by atoms with E-state index in [9.17, 15) is 14.0 Å². The van der Waals surface area contributed by atoms with E-state index in [2.05, 4.69) is 20.4 Å². The summed E-state index contributed by atoms with van der Waals surface area (Å²) in [5.41, 5.74) is 1.75. The number of fused-ring (bicyclic) bond motifs is 1. The van der Waals surface area contributed by atoms with E-state index in [-0.39, 0.29) is 35.2 Å². The Hall–Kier alpha value is -4.86. The average molecular weight is 485 g/mol. The molecule has 1 N–H and O–H groups in total. The molecular formula is C26H20FN5O4. The molecule has 2 aromatic carbocycles. The van der Waals surface area contributed by atoms with Crippen LogP contribution < -0.4 is 15.5 Å². The Balaban J connectivity index is 1.52. The summed E-state index contributed by atoms with van der Waals surface area (Å²) in [6.45, 7) is 1.67. The summed E-state index contributed by atoms with van der Waals surface area (Å²) in [5.74, 6) is -0.0247. The fraction of sp³-hybridized carbons (Fsp3) is 0.115. The first-order valence-electron chi connectivity index (χ1n) is 11.0. The second-order valence-electron chi connectivity index (χ2n) is 8.03. The molecule has 36 heavy (non-hydrogen) atoms. The van der Waals surface area contributed by atoms with Crippen molar-refractivity contribution in [3.05, 3.63) is 88.6 Å². The van der Waals surface area contributed by atoms with Gasteiger partial charge < -0.3 is 19.1 Å². The van der Waals surface area contributed by atoms with Crippen LogP contribution in [0.3, 0.4) is 0 Å². The molecule has 0 aliphatic heterocycles. The minimum atomic E-state index is -0.448. The lowest BCUT2D eigenvalue weighted by molar-refractivity contribution is -0.116. The van der Waals surface area contributed by atoms with E-state index in [4.69, 9.17) is 9.26 Å². The van der Waals surface area contributed by atoms with Crippen LogP contribution in [-0.4, -0.2) is 32.7 Å². The number of rotatable bonds is 6. The fourth-order valence-corrected chi connectivity index (χ4v) is 3.74. The van der Waals surface area contributed by atoms with Crippen molar-refractivity contribution in [3.63, 3.8) is 0 Å². The lowest BCUT2D eigenvalue weighted by Crippen LogP contribution is -2.22. The van der Waals surface area contributed by atoms with Gasteiger partial charge in [-0.1, -0.05) is 17.3 Å². The van der Waals surface area contributed by atoms with Gasteiger partial charge in [0.25, 0.3) is 5.89 Å². The van der Waals surface area contributed by atoms with Gasteiger partial charge in [-0.3, -0.25) is 9.59 Å². The van der Waals surface area contributed by atoms with Crippen LogP contribution in [0.2, 0.25) is 0 Å². The normalized spacial score (nSPS) is 11.0. The van der Waals surface area contributed by atoms with Crippen molar-refractivity contribution in [1.82, 2.24) is 19.7 Å². The number of aryl methyl sites for hydroxylation is 1. The molecule has 0 atom stereocenters. The summed E-state index contributed by atoms with van der Waals surface area (Å²) in [4.78, 5) is 34.9. The summed E-state index contributed by atoms with van der Waals surface area (Å²) >= 11 is 0. The van der Waals surface area contributed by atoms with Crippen LogP contribution >= 0.6 is 0 Å². The first kappa shape index (κ1) is 22.9. The van der Waals surface area contributed by atoms with Crippen molar-refractivity contribution in [2.24, 2.45) is 0 Å². The number of benzene rings is 2. The molecule has 0 aliphatic rings. The molecule has 0 fully saturated rings. The molecule has 0 unspecified atom stereocenters. The number of anilines is 1. The Morgan fingerprint density at radius 2 is 1.92 bits per heavy atom. The molecule has 9 nitrogen and oxygen atoms in total. The van der Waals surface area contributed by atoms with Crippen molar-refractivity contribution in [2.45, 2.75) is 13.5 Å². The molecule has 5 aromatic rings. The zero-order chi connectivity index (χ0) is 25.2. The highest BCUT2D eigenvalue weighted by atomic mass is 19.1. The third-order valence-corrected chi connectivity index (χ3v) is 5.49. The standard InChI is InChI=1S/C26H20FN5O4/c1-15-6-11-20-23(34)21(26-30-24(31-36-26)16-4-3-5-17(27)12-16)13-32(25(20)28-15)14-22(33)29-18-7-9-19(35-2)10-8-18/h3-13H,14H2,1-2H3,(H,29,33). The highest BCUT2D eigenvalue weighted by Crippen LogP contribution is 2.23. The number of hydrogen-bond acceptors (Lipinski definition) is 7. The lowest BCUT2D eigenvalue weighted by Gasteiger charge is -2.12. The van der Waals surface area contributed by atoms with Gasteiger partial charge in [0.1, 0.15) is 29.3 Å². The SMILES string of the molecule is COc1ccc(NC(=O)Cn2cc(-c3nc(-c4cccc(F)c4)no3)c(=O)c3ccc(C)nc32)cc1. The van der Waals surface area contributed by atoms with Gasteiger partial charge in [0, 0.05) is 23.1 Å². The predicted molar refractivity (Wildman–Crippen MR) is 131 cm³/mol. The highest BCUT2D eigenvalue weighted by molar-refractivity contribution is 5.92. The minimum Gasteiger partial charge on any atom is -0.497 e. The van der Waals surface area contributed by atoms with E-state index >= 15 is 0 Å². The van der Waals surface area contributed by atoms with Crippen LogP contribution in [0.15, 0.2) is 76.2 Å². The van der Waals surface area contributed by atoms with Crippen molar-refractivity contribution in [3.8, 4) is 28.6 Å². The monoisotopic (exact) mass is 485 g/mol. The maximum absolute atomic E-state index is 13.6. The second kappa shape index (κ2) is 9.41. The number of hydrogen-bond donors (Lipinski definition) is 1. The van der Waals surface area contributed by atoms with E-state index < -0.39 is 5.82 Å². The summed E-state index contributed by atoms with van der Waals surface area (Å²) in [6.07, 6.45) is 1.47. The van der Waals surface area contributed by atoms with Gasteiger partial charge in [-0.05, 0) is 55.5 Å². The molecule has 1 amide bonds. The van der Waals surface area contributed by atoms with Crippen LogP contribution in [0.25, 0.3) is 33.9 Å². The Bertz CT molecular complexity index is 1640. The van der Waals surface area contributed by atoms with Crippen molar-refractivity contribution < 1.29 is 18.4 Å². The van der Waals surface area contributed by atoms with E-state index in [1.165, 1.54) is 24.4 Å². The van der Waals surface area contributed by atoms with Crippen molar-refractivity contribution in [1.29, 1.82) is 0 Å². The van der Waals surface area contributed by atoms with Crippen molar-refractivity contribution >= 4 is 22.6 Å². The Labute approximate surface area is 204 Å². The van der Waals surface area contributed by atoms with Crippen LogP contribution in [0.4, 0.5) is 10.1 Å². The highest BCUT2D eigenvalue weighted by Gasteiger charge is 2.19. The summed E-state index contributed by atoms with van der Waals surface area (Å²) in [6, 6.07) is 16.0. The van der Waals surface area contributed by atoms with Gasteiger partial charge in [-0.15, -0.1) is 0 Å². The number of carbonyl (C=O) groups is 1. The topological polar surface area (TPSA) is 112 Å². The summed E-state index contributed by atoms with van der Waals surface area (Å²) in [7, 11) is 1.56. The molecule has 0 saturated heterocycles. The smallest absolute Gasteiger partial charge is 0.263 e. The van der Waals surface area contributed by atoms with Gasteiger partial charge in [0.2, 0.25) is 17.2 Å². The van der Waals surface area contributed by atoms with E-state index in [0.29, 0.717) is 33.7 Å².